The summed E-state index contributed by atoms with van der Waals surface area (Å²) in [5.74, 6) is 1.37. The predicted molar refractivity (Wildman–Crippen MR) is 123 cm³/mol. The highest BCUT2D eigenvalue weighted by Gasteiger charge is 2.23. The van der Waals surface area contributed by atoms with Gasteiger partial charge in [-0.1, -0.05) is 30.0 Å². The lowest BCUT2D eigenvalue weighted by Gasteiger charge is -2.12. The van der Waals surface area contributed by atoms with E-state index < -0.39 is 5.25 Å². The highest BCUT2D eigenvalue weighted by molar-refractivity contribution is 7.99. The summed E-state index contributed by atoms with van der Waals surface area (Å²) in [6.07, 6.45) is 3.37. The maximum absolute atomic E-state index is 10.9. The molecule has 4 aromatic rings. The van der Waals surface area contributed by atoms with E-state index in [1.807, 2.05) is 48.7 Å². The Hall–Kier alpha value is -3.35. The van der Waals surface area contributed by atoms with Gasteiger partial charge in [-0.15, -0.1) is 28.1 Å². The van der Waals surface area contributed by atoms with Crippen molar-refractivity contribution in [3.63, 3.8) is 0 Å². The normalized spacial score (nSPS) is 13.1. The van der Waals surface area contributed by atoms with Crippen molar-refractivity contribution in [1.82, 2.24) is 19.7 Å². The van der Waals surface area contributed by atoms with Crippen LogP contribution in [0.25, 0.3) is 27.2 Å². The van der Waals surface area contributed by atoms with Gasteiger partial charge in [0.1, 0.15) is 28.2 Å². The molecule has 1 aromatic carbocycles. The molecule has 0 spiro atoms. The van der Waals surface area contributed by atoms with Crippen LogP contribution in [0.1, 0.15) is 17.7 Å². The number of thiazole rings is 1. The SMILES string of the molecule is C=CCn1c(SC(C)/C(O)=C(\C#N)c2nc3ccccc3s2)nnc1-c1ccoc1C. The van der Waals surface area contributed by atoms with E-state index in [2.05, 4.69) is 27.8 Å². The summed E-state index contributed by atoms with van der Waals surface area (Å²) in [6, 6.07) is 11.6. The zero-order chi connectivity index (χ0) is 22.0. The fourth-order valence-corrected chi connectivity index (χ4v) is 4.99. The van der Waals surface area contributed by atoms with Crippen LogP contribution in [-0.4, -0.2) is 30.1 Å². The summed E-state index contributed by atoms with van der Waals surface area (Å²) in [7, 11) is 0. The lowest BCUT2D eigenvalue weighted by atomic mass is 10.2. The standard InChI is InChI=1S/C22H19N5O2S2/c1-4-10-27-20(15-9-11-29-13(15)2)25-26-22(27)30-14(3)19(28)16(12-23)21-24-17-7-5-6-8-18(17)31-21/h4-9,11,14,28H,1,10H2,2-3H3/b19-16-. The summed E-state index contributed by atoms with van der Waals surface area (Å²) in [5.41, 5.74) is 1.82. The smallest absolute Gasteiger partial charge is 0.192 e. The summed E-state index contributed by atoms with van der Waals surface area (Å²) in [6.45, 7) is 8.00. The Labute approximate surface area is 187 Å². The minimum atomic E-state index is -0.437. The lowest BCUT2D eigenvalue weighted by Crippen LogP contribution is -2.07. The Kier molecular flexibility index (Phi) is 5.93. The number of hydrogen-bond donors (Lipinski definition) is 1. The number of hydrogen-bond acceptors (Lipinski definition) is 8. The number of fused-ring (bicyclic) bond motifs is 1. The topological polar surface area (TPSA) is 101 Å². The van der Waals surface area contributed by atoms with Crippen molar-refractivity contribution in [2.45, 2.75) is 30.8 Å². The number of nitriles is 1. The van der Waals surface area contributed by atoms with E-state index in [9.17, 15) is 10.4 Å². The zero-order valence-electron chi connectivity index (χ0n) is 16.9. The summed E-state index contributed by atoms with van der Waals surface area (Å²) in [4.78, 5) is 4.50. The van der Waals surface area contributed by atoms with Gasteiger partial charge in [0.05, 0.1) is 27.3 Å². The Morgan fingerprint density at radius 3 is 2.87 bits per heavy atom. The van der Waals surface area contributed by atoms with Gasteiger partial charge in [0.25, 0.3) is 0 Å². The molecule has 3 heterocycles. The van der Waals surface area contributed by atoms with Gasteiger partial charge in [-0.25, -0.2) is 4.98 Å². The van der Waals surface area contributed by atoms with Gasteiger partial charge < -0.3 is 9.52 Å². The number of thioether (sulfide) groups is 1. The Morgan fingerprint density at radius 1 is 1.39 bits per heavy atom. The van der Waals surface area contributed by atoms with E-state index in [0.29, 0.717) is 22.5 Å². The number of rotatable bonds is 7. The summed E-state index contributed by atoms with van der Waals surface area (Å²) in [5, 5.41) is 29.9. The van der Waals surface area contributed by atoms with Crippen LogP contribution < -0.4 is 0 Å². The van der Waals surface area contributed by atoms with Crippen LogP contribution in [0.2, 0.25) is 0 Å². The molecule has 0 amide bonds. The molecule has 156 valence electrons. The van der Waals surface area contributed by atoms with Gasteiger partial charge in [-0.05, 0) is 32.0 Å². The van der Waals surface area contributed by atoms with Crippen LogP contribution in [0.15, 0.2) is 64.6 Å². The molecule has 0 fully saturated rings. The second kappa shape index (κ2) is 8.79. The van der Waals surface area contributed by atoms with Gasteiger partial charge >= 0.3 is 0 Å². The average Bonchev–Trinajstić information content (AvgIpc) is 3.47. The number of furan rings is 1. The third-order valence-corrected chi connectivity index (χ3v) is 6.81. The van der Waals surface area contributed by atoms with E-state index in [0.717, 1.165) is 21.5 Å². The average molecular weight is 450 g/mol. The molecule has 0 bridgehead atoms. The van der Waals surface area contributed by atoms with Crippen molar-refractivity contribution < 1.29 is 9.52 Å². The van der Waals surface area contributed by atoms with Crippen LogP contribution in [0.4, 0.5) is 0 Å². The summed E-state index contributed by atoms with van der Waals surface area (Å²) < 4.78 is 8.27. The number of nitrogens with zero attached hydrogens (tertiary/aromatic N) is 5. The first-order valence-corrected chi connectivity index (χ1v) is 11.2. The molecule has 1 atom stereocenters. The van der Waals surface area contributed by atoms with Crippen LogP contribution >= 0.6 is 23.1 Å². The second-order valence-corrected chi connectivity index (χ2v) is 9.05. The molecule has 0 aliphatic rings. The van der Waals surface area contributed by atoms with Gasteiger partial charge in [0, 0.05) is 6.54 Å². The Bertz CT molecular complexity index is 1290. The molecule has 0 aliphatic heterocycles. The third-order valence-electron chi connectivity index (χ3n) is 4.67. The predicted octanol–water partition coefficient (Wildman–Crippen LogP) is 5.62. The maximum Gasteiger partial charge on any atom is 0.192 e. The van der Waals surface area contributed by atoms with Gasteiger partial charge in [0.15, 0.2) is 11.0 Å². The molecular weight excluding hydrogens is 430 g/mol. The minimum Gasteiger partial charge on any atom is -0.510 e. The quantitative estimate of drug-likeness (QED) is 0.169. The minimum absolute atomic E-state index is 0.0410. The number of aliphatic hydroxyl groups is 1. The maximum atomic E-state index is 10.9. The van der Waals surface area contributed by atoms with Gasteiger partial charge in [-0.3, -0.25) is 4.57 Å². The molecule has 31 heavy (non-hydrogen) atoms. The molecule has 1 N–H and O–H groups in total. The van der Waals surface area contributed by atoms with E-state index in [1.165, 1.54) is 23.1 Å². The highest BCUT2D eigenvalue weighted by atomic mass is 32.2. The van der Waals surface area contributed by atoms with Crippen molar-refractivity contribution in [2.24, 2.45) is 0 Å². The molecule has 7 nitrogen and oxygen atoms in total. The largest absolute Gasteiger partial charge is 0.510 e. The van der Waals surface area contributed by atoms with Gasteiger partial charge in [-0.2, -0.15) is 5.26 Å². The number of allylic oxidation sites excluding steroid dienone is 2. The number of aliphatic hydroxyl groups excluding tert-OH is 1. The fourth-order valence-electron chi connectivity index (χ4n) is 3.10. The van der Waals surface area contributed by atoms with Crippen LogP contribution in [-0.2, 0) is 6.54 Å². The number of para-hydroxylation sites is 1. The second-order valence-electron chi connectivity index (χ2n) is 6.71. The molecule has 0 saturated carbocycles. The Balaban J connectivity index is 1.67. The third kappa shape index (κ3) is 4.00. The van der Waals surface area contributed by atoms with Crippen molar-refractivity contribution in [3.8, 4) is 17.5 Å². The molecule has 9 heteroatoms. The number of aromatic nitrogens is 4. The van der Waals surface area contributed by atoms with Crippen molar-refractivity contribution in [2.75, 3.05) is 0 Å². The van der Waals surface area contributed by atoms with Crippen LogP contribution in [0.5, 0.6) is 0 Å². The van der Waals surface area contributed by atoms with Gasteiger partial charge in [0.2, 0.25) is 0 Å². The first-order chi connectivity index (χ1) is 15.0. The number of aryl methyl sites for hydroxylation is 1. The van der Waals surface area contributed by atoms with Crippen molar-refractivity contribution in [1.29, 1.82) is 5.26 Å². The highest BCUT2D eigenvalue weighted by Crippen LogP contribution is 2.34. The first-order valence-electron chi connectivity index (χ1n) is 9.47. The number of benzene rings is 1. The van der Waals surface area contributed by atoms with Crippen molar-refractivity contribution >= 4 is 38.9 Å². The molecule has 4 rings (SSSR count). The van der Waals surface area contributed by atoms with Crippen LogP contribution in [0, 0.1) is 18.3 Å². The monoisotopic (exact) mass is 449 g/mol. The first kappa shape index (κ1) is 20.9. The molecular formula is C22H19N5O2S2. The van der Waals surface area contributed by atoms with E-state index >= 15 is 0 Å². The lowest BCUT2D eigenvalue weighted by molar-refractivity contribution is 0.402. The molecule has 1 unspecified atom stereocenters. The van der Waals surface area contributed by atoms with E-state index in [4.69, 9.17) is 4.42 Å². The van der Waals surface area contributed by atoms with E-state index in [1.54, 1.807) is 12.3 Å². The molecule has 3 aromatic heterocycles. The molecule has 0 aliphatic carbocycles. The fraction of sp³-hybridized carbons (Fsp3) is 0.182. The zero-order valence-corrected chi connectivity index (χ0v) is 18.6. The van der Waals surface area contributed by atoms with Crippen molar-refractivity contribution in [3.05, 3.63) is 65.8 Å². The molecule has 0 saturated heterocycles. The van der Waals surface area contributed by atoms with Crippen LogP contribution in [0.3, 0.4) is 0 Å². The summed E-state index contributed by atoms with van der Waals surface area (Å²) >= 11 is 2.70. The van der Waals surface area contributed by atoms with E-state index in [-0.39, 0.29) is 11.3 Å². The Morgan fingerprint density at radius 2 is 2.19 bits per heavy atom. The molecule has 0 radical (unpaired) electrons.